The highest BCUT2D eigenvalue weighted by Crippen LogP contribution is 2.39. The Morgan fingerprint density at radius 2 is 1.62 bits per heavy atom. The zero-order valence-electron chi connectivity index (χ0n) is 18.0. The highest BCUT2D eigenvalue weighted by atomic mass is 32.2. The van der Waals surface area contributed by atoms with Crippen LogP contribution in [0.3, 0.4) is 0 Å². The molecule has 2 aromatic rings. The Hall–Kier alpha value is -2.06. The van der Waals surface area contributed by atoms with Gasteiger partial charge in [-0.1, -0.05) is 60.7 Å². The second-order valence-corrected chi connectivity index (χ2v) is 9.24. The molecule has 0 aromatic heterocycles. The summed E-state index contributed by atoms with van der Waals surface area (Å²) in [6.45, 7) is -0.155. The number of halogens is 3. The number of hydrogen-bond acceptors (Lipinski definition) is 8. The fourth-order valence-corrected chi connectivity index (χ4v) is 4.39. The van der Waals surface area contributed by atoms with Crippen LogP contribution in [0.1, 0.15) is 17.4 Å². The van der Waals surface area contributed by atoms with Gasteiger partial charge in [0, 0.05) is 12.7 Å². The number of methoxy groups -OCH3 is 1. The van der Waals surface area contributed by atoms with Gasteiger partial charge in [0.15, 0.2) is 12.6 Å². The van der Waals surface area contributed by atoms with Crippen molar-refractivity contribution in [1.82, 2.24) is 0 Å². The molecular formula is C22H23F3O8S. The molecule has 4 rings (SSSR count). The Morgan fingerprint density at radius 3 is 2.24 bits per heavy atom. The van der Waals surface area contributed by atoms with Crippen molar-refractivity contribution in [2.75, 3.05) is 13.7 Å². The molecule has 1 unspecified atom stereocenters. The van der Waals surface area contributed by atoms with Crippen LogP contribution < -0.4 is 0 Å². The van der Waals surface area contributed by atoms with Crippen LogP contribution >= 0.6 is 0 Å². The van der Waals surface area contributed by atoms with Gasteiger partial charge < -0.3 is 23.7 Å². The lowest BCUT2D eigenvalue weighted by molar-refractivity contribution is -0.360. The van der Waals surface area contributed by atoms with E-state index in [1.54, 1.807) is 60.7 Å². The van der Waals surface area contributed by atoms with Gasteiger partial charge in [0.25, 0.3) is 0 Å². The molecule has 2 heterocycles. The first-order chi connectivity index (χ1) is 16.2. The number of hydrogen-bond donors (Lipinski definition) is 0. The van der Waals surface area contributed by atoms with E-state index in [9.17, 15) is 21.6 Å². The Morgan fingerprint density at radius 1 is 0.971 bits per heavy atom. The predicted octanol–water partition coefficient (Wildman–Crippen LogP) is 3.29. The van der Waals surface area contributed by atoms with Gasteiger partial charge in [-0.25, -0.2) is 0 Å². The second kappa shape index (κ2) is 10.3. The Labute approximate surface area is 194 Å². The van der Waals surface area contributed by atoms with E-state index in [1.165, 1.54) is 7.11 Å². The largest absolute Gasteiger partial charge is 0.523 e. The molecule has 0 saturated carbocycles. The standard InChI is InChI=1S/C22H23F3O8S/c1-28-21-19(29-12-14-8-4-2-5-9-14)18(33-34(26,27)22(23,24)25)17-16(31-21)13-30-20(32-17)15-10-6-3-7-11-15/h2-11,16-21H,12-13H2,1H3/t16-,17-,18+,19+,20?,21+/m1/s1. The Balaban J connectivity index is 1.64. The van der Waals surface area contributed by atoms with Crippen molar-refractivity contribution in [3.05, 3.63) is 71.8 Å². The van der Waals surface area contributed by atoms with Gasteiger partial charge in [0.1, 0.15) is 24.4 Å². The summed E-state index contributed by atoms with van der Waals surface area (Å²) in [5.74, 6) is 0. The van der Waals surface area contributed by atoms with Crippen LogP contribution in [0.15, 0.2) is 60.7 Å². The maximum Gasteiger partial charge on any atom is 0.523 e. The van der Waals surface area contributed by atoms with Crippen molar-refractivity contribution < 1.29 is 49.5 Å². The summed E-state index contributed by atoms with van der Waals surface area (Å²) in [5, 5.41) is 0. The van der Waals surface area contributed by atoms with Gasteiger partial charge in [-0.2, -0.15) is 21.6 Å². The highest BCUT2D eigenvalue weighted by molar-refractivity contribution is 7.87. The molecule has 8 nitrogen and oxygen atoms in total. The third-order valence-electron chi connectivity index (χ3n) is 5.39. The van der Waals surface area contributed by atoms with Crippen molar-refractivity contribution in [3.63, 3.8) is 0 Å². The zero-order valence-corrected chi connectivity index (χ0v) is 18.8. The second-order valence-electron chi connectivity index (χ2n) is 7.68. The van der Waals surface area contributed by atoms with Crippen molar-refractivity contribution in [3.8, 4) is 0 Å². The summed E-state index contributed by atoms with van der Waals surface area (Å²) in [6, 6.07) is 17.5. The summed E-state index contributed by atoms with van der Waals surface area (Å²) in [7, 11) is -4.73. The predicted molar refractivity (Wildman–Crippen MR) is 111 cm³/mol. The van der Waals surface area contributed by atoms with E-state index < -0.39 is 52.6 Å². The molecular weight excluding hydrogens is 481 g/mol. The maximum absolute atomic E-state index is 13.2. The Kier molecular flexibility index (Phi) is 7.57. The first-order valence-electron chi connectivity index (χ1n) is 10.3. The minimum atomic E-state index is -5.99. The minimum Gasteiger partial charge on any atom is -0.365 e. The smallest absolute Gasteiger partial charge is 0.365 e. The molecule has 2 aliphatic rings. The lowest BCUT2D eigenvalue weighted by Gasteiger charge is -2.48. The topological polar surface area (TPSA) is 89.5 Å². The van der Waals surface area contributed by atoms with Crippen LogP contribution in [0.25, 0.3) is 0 Å². The first kappa shape index (κ1) is 25.0. The summed E-state index contributed by atoms with van der Waals surface area (Å²) in [5.41, 5.74) is -4.35. The normalized spacial score (nSPS) is 30.0. The average Bonchev–Trinajstić information content (AvgIpc) is 2.83. The van der Waals surface area contributed by atoms with Crippen LogP contribution in [0.2, 0.25) is 0 Å². The number of rotatable bonds is 7. The summed E-state index contributed by atoms with van der Waals surface area (Å²) >= 11 is 0. The van der Waals surface area contributed by atoms with Gasteiger partial charge in [-0.05, 0) is 5.56 Å². The molecule has 2 saturated heterocycles. The molecule has 34 heavy (non-hydrogen) atoms. The maximum atomic E-state index is 13.2. The van der Waals surface area contributed by atoms with Crippen LogP contribution in [0.5, 0.6) is 0 Å². The summed E-state index contributed by atoms with van der Waals surface area (Å²) in [6.07, 6.45) is -7.52. The fourth-order valence-electron chi connectivity index (χ4n) is 3.77. The fraction of sp³-hybridized carbons (Fsp3) is 0.455. The van der Waals surface area contributed by atoms with E-state index in [2.05, 4.69) is 0 Å². The van der Waals surface area contributed by atoms with Crippen LogP contribution in [-0.2, 0) is 44.6 Å². The van der Waals surface area contributed by atoms with Crippen molar-refractivity contribution in [2.45, 2.75) is 49.1 Å². The van der Waals surface area contributed by atoms with Crippen molar-refractivity contribution in [2.24, 2.45) is 0 Å². The third-order valence-corrected chi connectivity index (χ3v) is 6.44. The summed E-state index contributed by atoms with van der Waals surface area (Å²) in [4.78, 5) is 0. The third kappa shape index (κ3) is 5.43. The summed E-state index contributed by atoms with van der Waals surface area (Å²) < 4.78 is 96.8. The molecule has 2 aromatic carbocycles. The molecule has 0 spiro atoms. The first-order valence-corrected chi connectivity index (χ1v) is 11.8. The van der Waals surface area contributed by atoms with E-state index >= 15 is 0 Å². The molecule has 0 aliphatic carbocycles. The Bertz CT molecular complexity index is 1030. The van der Waals surface area contributed by atoms with Crippen LogP contribution in [0, 0.1) is 0 Å². The van der Waals surface area contributed by atoms with Gasteiger partial charge in [-0.3, -0.25) is 4.18 Å². The van der Waals surface area contributed by atoms with Crippen LogP contribution in [0.4, 0.5) is 13.2 Å². The minimum absolute atomic E-state index is 0.0589. The lowest BCUT2D eigenvalue weighted by atomic mass is 9.97. The highest BCUT2D eigenvalue weighted by Gasteiger charge is 2.57. The average molecular weight is 504 g/mol. The number of alkyl halides is 3. The molecule has 2 fully saturated rings. The number of benzene rings is 2. The quantitative estimate of drug-likeness (QED) is 0.419. The molecule has 12 heteroatoms. The molecule has 0 amide bonds. The zero-order chi connectivity index (χ0) is 24.3. The van der Waals surface area contributed by atoms with Gasteiger partial charge in [-0.15, -0.1) is 0 Å². The monoisotopic (exact) mass is 504 g/mol. The molecule has 0 radical (unpaired) electrons. The lowest BCUT2D eigenvalue weighted by Crippen LogP contribution is -2.64. The van der Waals surface area contributed by atoms with Gasteiger partial charge in [0.2, 0.25) is 0 Å². The van der Waals surface area contributed by atoms with Gasteiger partial charge in [0.05, 0.1) is 13.2 Å². The molecule has 186 valence electrons. The number of ether oxygens (including phenoxy) is 5. The SMILES string of the molecule is CO[C@H]1O[C@@H]2COC(c3ccccc3)O[C@H]2[C@H](OS(=O)(=O)C(F)(F)F)[C@@H]1OCc1ccccc1. The van der Waals surface area contributed by atoms with E-state index in [0.717, 1.165) is 0 Å². The van der Waals surface area contributed by atoms with E-state index in [-0.39, 0.29) is 13.2 Å². The van der Waals surface area contributed by atoms with E-state index in [1.807, 2.05) is 0 Å². The number of fused-ring (bicyclic) bond motifs is 1. The molecule has 2 aliphatic heterocycles. The van der Waals surface area contributed by atoms with Crippen molar-refractivity contribution in [1.29, 1.82) is 0 Å². The van der Waals surface area contributed by atoms with Gasteiger partial charge >= 0.3 is 15.6 Å². The van der Waals surface area contributed by atoms with E-state index in [4.69, 9.17) is 27.9 Å². The molecule has 6 atom stereocenters. The van der Waals surface area contributed by atoms with Crippen molar-refractivity contribution >= 4 is 10.1 Å². The molecule has 0 N–H and O–H groups in total. The van der Waals surface area contributed by atoms with E-state index in [0.29, 0.717) is 11.1 Å². The van der Waals surface area contributed by atoms with Crippen LogP contribution in [-0.4, -0.2) is 58.3 Å². The molecule has 0 bridgehead atoms.